The Labute approximate surface area is 121 Å². The molecule has 0 radical (unpaired) electrons. The lowest BCUT2D eigenvalue weighted by Gasteiger charge is -2.03. The Kier molecular flexibility index (Phi) is 2.99. The zero-order valence-corrected chi connectivity index (χ0v) is 12.0. The van der Waals surface area contributed by atoms with Gasteiger partial charge < -0.3 is 5.73 Å². The smallest absolute Gasteiger partial charge is 0.129 e. The van der Waals surface area contributed by atoms with Crippen LogP contribution in [0.5, 0.6) is 0 Å². The predicted octanol–water partition coefficient (Wildman–Crippen LogP) is 2.72. The third-order valence-electron chi connectivity index (χ3n) is 3.18. The molecule has 3 aromatic rings. The van der Waals surface area contributed by atoms with Gasteiger partial charge in [0, 0.05) is 30.9 Å². The van der Waals surface area contributed by atoms with E-state index in [1.165, 1.54) is 0 Å². The van der Waals surface area contributed by atoms with E-state index >= 15 is 0 Å². The van der Waals surface area contributed by atoms with E-state index in [1.54, 1.807) is 15.6 Å². The monoisotopic (exact) mass is 287 g/mol. The van der Waals surface area contributed by atoms with Gasteiger partial charge >= 0.3 is 0 Å². The van der Waals surface area contributed by atoms with Crippen LogP contribution in [-0.2, 0) is 14.1 Å². The number of hydrogen-bond donors (Lipinski definition) is 1. The zero-order valence-electron chi connectivity index (χ0n) is 11.2. The highest BCUT2D eigenvalue weighted by Crippen LogP contribution is 2.36. The Morgan fingerprint density at radius 1 is 1.20 bits per heavy atom. The maximum atomic E-state index is 6.16. The van der Waals surface area contributed by atoms with E-state index < -0.39 is 0 Å². The van der Waals surface area contributed by atoms with E-state index in [2.05, 4.69) is 10.2 Å². The topological polar surface area (TPSA) is 61.7 Å². The van der Waals surface area contributed by atoms with Crippen LogP contribution in [0.1, 0.15) is 0 Å². The number of benzene rings is 1. The summed E-state index contributed by atoms with van der Waals surface area (Å²) in [5.41, 5.74) is 9.72. The van der Waals surface area contributed by atoms with Crippen LogP contribution in [0, 0.1) is 0 Å². The molecule has 102 valence electrons. The molecule has 0 spiro atoms. The van der Waals surface area contributed by atoms with Crippen LogP contribution < -0.4 is 5.73 Å². The molecule has 20 heavy (non-hydrogen) atoms. The summed E-state index contributed by atoms with van der Waals surface area (Å²) in [5.74, 6) is 0.603. The van der Waals surface area contributed by atoms with Crippen LogP contribution in [0.4, 0.5) is 5.82 Å². The summed E-state index contributed by atoms with van der Waals surface area (Å²) < 4.78 is 3.40. The second kappa shape index (κ2) is 4.68. The first kappa shape index (κ1) is 12.7. The Morgan fingerprint density at radius 3 is 2.65 bits per heavy atom. The molecule has 0 atom stereocenters. The van der Waals surface area contributed by atoms with E-state index in [1.807, 2.05) is 44.6 Å². The fourth-order valence-electron chi connectivity index (χ4n) is 2.21. The fourth-order valence-corrected chi connectivity index (χ4v) is 2.40. The molecule has 0 aliphatic carbocycles. The summed E-state index contributed by atoms with van der Waals surface area (Å²) in [4.78, 5) is 0. The van der Waals surface area contributed by atoms with Gasteiger partial charge in [-0.05, 0) is 17.7 Å². The first-order valence-corrected chi connectivity index (χ1v) is 6.51. The summed E-state index contributed by atoms with van der Waals surface area (Å²) in [7, 11) is 3.69. The molecule has 3 rings (SSSR count). The van der Waals surface area contributed by atoms with Gasteiger partial charge in [0.25, 0.3) is 0 Å². The number of aromatic nitrogens is 4. The van der Waals surface area contributed by atoms with Crippen molar-refractivity contribution in [3.63, 3.8) is 0 Å². The minimum atomic E-state index is 0.603. The molecule has 0 aliphatic rings. The van der Waals surface area contributed by atoms with Crippen molar-refractivity contribution in [2.24, 2.45) is 14.1 Å². The Hall–Kier alpha value is -2.27. The molecule has 0 amide bonds. The van der Waals surface area contributed by atoms with E-state index in [-0.39, 0.29) is 0 Å². The number of nitrogens with zero attached hydrogens (tertiary/aromatic N) is 4. The normalized spacial score (nSPS) is 10.9. The van der Waals surface area contributed by atoms with Crippen molar-refractivity contribution in [3.8, 4) is 22.4 Å². The van der Waals surface area contributed by atoms with Gasteiger partial charge in [-0.3, -0.25) is 9.36 Å². The first-order chi connectivity index (χ1) is 9.56. The molecule has 0 saturated heterocycles. The molecule has 0 aliphatic heterocycles. The molecule has 2 heterocycles. The standard InChI is InChI=1S/C14H14ClN5/c1-19-8-10(7-17-19)13-12(14(16)20(2)18-13)9-4-3-5-11(15)6-9/h3-8H,16H2,1-2H3. The lowest BCUT2D eigenvalue weighted by atomic mass is 10.0. The molecule has 0 saturated carbocycles. The lowest BCUT2D eigenvalue weighted by Crippen LogP contribution is -1.97. The SMILES string of the molecule is Cn1cc(-c2nn(C)c(N)c2-c2cccc(Cl)c2)cn1. The number of rotatable bonds is 2. The third kappa shape index (κ3) is 2.06. The van der Waals surface area contributed by atoms with Gasteiger partial charge in [-0.15, -0.1) is 0 Å². The largest absolute Gasteiger partial charge is 0.383 e. The molecular formula is C14H14ClN5. The van der Waals surface area contributed by atoms with Crippen molar-refractivity contribution in [2.45, 2.75) is 0 Å². The van der Waals surface area contributed by atoms with E-state index in [4.69, 9.17) is 17.3 Å². The van der Waals surface area contributed by atoms with Gasteiger partial charge in [0.05, 0.1) is 11.8 Å². The molecular weight excluding hydrogens is 274 g/mol. The molecule has 5 nitrogen and oxygen atoms in total. The molecule has 0 bridgehead atoms. The third-order valence-corrected chi connectivity index (χ3v) is 3.42. The molecule has 1 aromatic carbocycles. The molecule has 6 heteroatoms. The number of nitrogens with two attached hydrogens (primary N) is 1. The minimum absolute atomic E-state index is 0.603. The van der Waals surface area contributed by atoms with Gasteiger partial charge in [0.15, 0.2) is 0 Å². The number of hydrogen-bond acceptors (Lipinski definition) is 3. The second-order valence-electron chi connectivity index (χ2n) is 4.65. The van der Waals surface area contributed by atoms with Crippen LogP contribution in [0.2, 0.25) is 5.02 Å². The van der Waals surface area contributed by atoms with Gasteiger partial charge in [-0.25, -0.2) is 0 Å². The summed E-state index contributed by atoms with van der Waals surface area (Å²) in [6, 6.07) is 7.59. The highest BCUT2D eigenvalue weighted by molar-refractivity contribution is 6.30. The van der Waals surface area contributed by atoms with Crippen molar-refractivity contribution < 1.29 is 0 Å². The zero-order chi connectivity index (χ0) is 14.3. The minimum Gasteiger partial charge on any atom is -0.383 e. The maximum absolute atomic E-state index is 6.16. The van der Waals surface area contributed by atoms with Crippen molar-refractivity contribution in [1.29, 1.82) is 0 Å². The summed E-state index contributed by atoms with van der Waals surface area (Å²) >= 11 is 6.07. The predicted molar refractivity (Wildman–Crippen MR) is 80.3 cm³/mol. The lowest BCUT2D eigenvalue weighted by molar-refractivity contribution is 0.767. The number of nitrogen functional groups attached to an aromatic ring is 1. The maximum Gasteiger partial charge on any atom is 0.129 e. The van der Waals surface area contributed by atoms with Gasteiger partial charge in [-0.2, -0.15) is 10.2 Å². The quantitative estimate of drug-likeness (QED) is 0.788. The average molecular weight is 288 g/mol. The molecule has 0 unspecified atom stereocenters. The number of anilines is 1. The van der Waals surface area contributed by atoms with Crippen LogP contribution in [0.25, 0.3) is 22.4 Å². The van der Waals surface area contributed by atoms with Crippen LogP contribution >= 0.6 is 11.6 Å². The summed E-state index contributed by atoms with van der Waals surface area (Å²) in [6.45, 7) is 0. The molecule has 0 fully saturated rings. The van der Waals surface area contributed by atoms with Crippen molar-refractivity contribution in [3.05, 3.63) is 41.7 Å². The van der Waals surface area contributed by atoms with E-state index in [9.17, 15) is 0 Å². The number of halogens is 1. The average Bonchev–Trinajstić information content (AvgIpc) is 2.95. The van der Waals surface area contributed by atoms with E-state index in [0.717, 1.165) is 22.4 Å². The van der Waals surface area contributed by atoms with Crippen LogP contribution in [0.3, 0.4) is 0 Å². The van der Waals surface area contributed by atoms with Crippen molar-refractivity contribution in [1.82, 2.24) is 19.6 Å². The van der Waals surface area contributed by atoms with Gasteiger partial charge in [-0.1, -0.05) is 23.7 Å². The van der Waals surface area contributed by atoms with Gasteiger partial charge in [0.2, 0.25) is 0 Å². The van der Waals surface area contributed by atoms with Crippen LogP contribution in [-0.4, -0.2) is 19.6 Å². The molecule has 2 aromatic heterocycles. The van der Waals surface area contributed by atoms with Crippen LogP contribution in [0.15, 0.2) is 36.7 Å². The van der Waals surface area contributed by atoms with Crippen molar-refractivity contribution >= 4 is 17.4 Å². The number of aryl methyl sites for hydroxylation is 2. The first-order valence-electron chi connectivity index (χ1n) is 6.13. The Bertz CT molecular complexity index is 772. The highest BCUT2D eigenvalue weighted by Gasteiger charge is 2.18. The van der Waals surface area contributed by atoms with E-state index in [0.29, 0.717) is 10.8 Å². The molecule has 2 N–H and O–H groups in total. The van der Waals surface area contributed by atoms with Gasteiger partial charge in [0.1, 0.15) is 11.5 Å². The Balaban J connectivity index is 2.24. The fraction of sp³-hybridized carbons (Fsp3) is 0.143. The Morgan fingerprint density at radius 2 is 2.00 bits per heavy atom. The van der Waals surface area contributed by atoms with Crippen molar-refractivity contribution in [2.75, 3.05) is 5.73 Å². The highest BCUT2D eigenvalue weighted by atomic mass is 35.5. The summed E-state index contributed by atoms with van der Waals surface area (Å²) in [5, 5.41) is 9.35. The second-order valence-corrected chi connectivity index (χ2v) is 5.08. The summed E-state index contributed by atoms with van der Waals surface area (Å²) in [6.07, 6.45) is 3.69.